The molecule has 1 atom stereocenters. The van der Waals surface area contributed by atoms with Gasteiger partial charge in [0.15, 0.2) is 5.69 Å². The van der Waals surface area contributed by atoms with E-state index in [9.17, 15) is 9.59 Å². The minimum Gasteiger partial charge on any atom is -0.462 e. The zero-order valence-corrected chi connectivity index (χ0v) is 16.7. The molecule has 0 radical (unpaired) electrons. The first-order chi connectivity index (χ1) is 14.0. The van der Waals surface area contributed by atoms with E-state index >= 15 is 0 Å². The van der Waals surface area contributed by atoms with Crippen LogP contribution in [0.5, 0.6) is 0 Å². The number of esters is 1. The van der Waals surface area contributed by atoms with Crippen molar-refractivity contribution in [2.45, 2.75) is 33.2 Å². The second-order valence-electron chi connectivity index (χ2n) is 7.05. The maximum absolute atomic E-state index is 13.2. The van der Waals surface area contributed by atoms with Crippen LogP contribution in [-0.4, -0.2) is 28.7 Å². The van der Waals surface area contributed by atoms with Crippen molar-refractivity contribution >= 4 is 17.6 Å². The summed E-state index contributed by atoms with van der Waals surface area (Å²) in [5.74, 6) is -0.527. The van der Waals surface area contributed by atoms with Gasteiger partial charge < -0.3 is 4.74 Å². The van der Waals surface area contributed by atoms with Crippen LogP contribution < -0.4 is 4.90 Å². The van der Waals surface area contributed by atoms with Crippen molar-refractivity contribution in [3.63, 3.8) is 0 Å². The second kappa shape index (κ2) is 7.54. The van der Waals surface area contributed by atoms with E-state index in [1.165, 1.54) is 5.56 Å². The Hall–Kier alpha value is -3.41. The molecule has 0 spiro atoms. The largest absolute Gasteiger partial charge is 0.462 e. The maximum Gasteiger partial charge on any atom is 0.338 e. The van der Waals surface area contributed by atoms with Crippen LogP contribution in [0, 0.1) is 6.92 Å². The first-order valence-corrected chi connectivity index (χ1v) is 9.79. The summed E-state index contributed by atoms with van der Waals surface area (Å²) in [5.41, 5.74) is 5.66. The lowest BCUT2D eigenvalue weighted by molar-refractivity contribution is 0.0526. The van der Waals surface area contributed by atoms with E-state index < -0.39 is 0 Å². The monoisotopic (exact) mass is 389 g/mol. The van der Waals surface area contributed by atoms with Crippen LogP contribution in [0.4, 0.5) is 5.69 Å². The van der Waals surface area contributed by atoms with Gasteiger partial charge in [-0.25, -0.2) is 4.79 Å². The molecular weight excluding hydrogens is 366 g/mol. The molecule has 1 aromatic heterocycles. The second-order valence-corrected chi connectivity index (χ2v) is 7.05. The molecule has 0 saturated heterocycles. The van der Waals surface area contributed by atoms with Crippen LogP contribution in [0.2, 0.25) is 0 Å². The van der Waals surface area contributed by atoms with Gasteiger partial charge in [0, 0.05) is 16.9 Å². The molecule has 1 aliphatic heterocycles. The maximum atomic E-state index is 13.2. The van der Waals surface area contributed by atoms with Crippen molar-refractivity contribution in [3.8, 4) is 0 Å². The lowest BCUT2D eigenvalue weighted by Crippen LogP contribution is -2.29. The molecule has 1 N–H and O–H groups in total. The number of hydrogen-bond donors (Lipinski definition) is 1. The normalized spacial score (nSPS) is 15.5. The van der Waals surface area contributed by atoms with Crippen LogP contribution in [0.1, 0.15) is 63.1 Å². The molecular formula is C23H23N3O3. The summed E-state index contributed by atoms with van der Waals surface area (Å²) in [5, 5.41) is 7.19. The Kier molecular flexibility index (Phi) is 4.92. The average molecular weight is 389 g/mol. The number of hydrogen-bond acceptors (Lipinski definition) is 4. The Bertz CT molecular complexity index is 1050. The Morgan fingerprint density at radius 1 is 1.10 bits per heavy atom. The van der Waals surface area contributed by atoms with Gasteiger partial charge >= 0.3 is 5.97 Å². The number of aromatic amines is 1. The Morgan fingerprint density at radius 3 is 2.41 bits per heavy atom. The zero-order valence-electron chi connectivity index (χ0n) is 16.7. The third-order valence-corrected chi connectivity index (χ3v) is 5.31. The molecule has 0 fully saturated rings. The molecule has 148 valence electrons. The summed E-state index contributed by atoms with van der Waals surface area (Å²) < 4.78 is 5.05. The topological polar surface area (TPSA) is 75.3 Å². The highest BCUT2D eigenvalue weighted by Gasteiger charge is 2.42. The van der Waals surface area contributed by atoms with Crippen LogP contribution in [0.25, 0.3) is 0 Å². The van der Waals surface area contributed by atoms with Gasteiger partial charge in [0.1, 0.15) is 0 Å². The smallest absolute Gasteiger partial charge is 0.338 e. The fourth-order valence-corrected chi connectivity index (χ4v) is 3.79. The molecule has 6 nitrogen and oxygen atoms in total. The Balaban J connectivity index is 1.76. The standard InChI is InChI=1S/C23H23N3O3/c1-4-15-6-8-16(9-7-15)21-19-14(3)24-25-20(19)22(27)26(21)18-12-10-17(11-13-18)23(28)29-5-2/h6-13,21H,4-5H2,1-3H3,(H,24,25)/t21-/m1/s1. The molecule has 2 aromatic carbocycles. The summed E-state index contributed by atoms with van der Waals surface area (Å²) in [6.07, 6.45) is 0.957. The van der Waals surface area contributed by atoms with Crippen LogP contribution in [0.3, 0.4) is 0 Å². The molecule has 1 amide bonds. The summed E-state index contributed by atoms with van der Waals surface area (Å²) >= 11 is 0. The highest BCUT2D eigenvalue weighted by Crippen LogP contribution is 2.42. The van der Waals surface area contributed by atoms with Gasteiger partial charge in [-0.1, -0.05) is 31.2 Å². The van der Waals surface area contributed by atoms with E-state index in [0.717, 1.165) is 23.2 Å². The van der Waals surface area contributed by atoms with E-state index in [4.69, 9.17) is 4.74 Å². The Morgan fingerprint density at radius 2 is 1.79 bits per heavy atom. The van der Waals surface area contributed by atoms with E-state index in [1.54, 1.807) is 36.1 Å². The highest BCUT2D eigenvalue weighted by atomic mass is 16.5. The predicted molar refractivity (Wildman–Crippen MR) is 110 cm³/mol. The molecule has 1 aliphatic rings. The van der Waals surface area contributed by atoms with Gasteiger partial charge in [-0.2, -0.15) is 5.10 Å². The van der Waals surface area contributed by atoms with Crippen molar-refractivity contribution in [3.05, 3.63) is 82.2 Å². The molecule has 0 saturated carbocycles. The molecule has 0 unspecified atom stereocenters. The zero-order chi connectivity index (χ0) is 20.5. The van der Waals surface area contributed by atoms with Crippen molar-refractivity contribution < 1.29 is 14.3 Å². The number of benzene rings is 2. The number of rotatable bonds is 5. The minimum atomic E-state index is -0.373. The first-order valence-electron chi connectivity index (χ1n) is 9.79. The first kappa shape index (κ1) is 18.9. The number of fused-ring (bicyclic) bond motifs is 1. The third kappa shape index (κ3) is 3.20. The van der Waals surface area contributed by atoms with Gasteiger partial charge in [-0.05, 0) is 55.7 Å². The third-order valence-electron chi connectivity index (χ3n) is 5.31. The van der Waals surface area contributed by atoms with Gasteiger partial charge in [0.2, 0.25) is 0 Å². The molecule has 29 heavy (non-hydrogen) atoms. The summed E-state index contributed by atoms with van der Waals surface area (Å²) in [6.45, 7) is 6.14. The summed E-state index contributed by atoms with van der Waals surface area (Å²) in [7, 11) is 0. The summed E-state index contributed by atoms with van der Waals surface area (Å²) in [6, 6.07) is 15.0. The number of carbonyl (C=O) groups is 2. The fourth-order valence-electron chi connectivity index (χ4n) is 3.79. The average Bonchev–Trinajstić information content (AvgIpc) is 3.26. The van der Waals surface area contributed by atoms with Crippen LogP contribution in [0.15, 0.2) is 48.5 Å². The molecule has 0 aliphatic carbocycles. The lowest BCUT2D eigenvalue weighted by Gasteiger charge is -2.26. The molecule has 6 heteroatoms. The van der Waals surface area contributed by atoms with Crippen molar-refractivity contribution in [2.24, 2.45) is 0 Å². The number of ether oxygens (including phenoxy) is 1. The van der Waals surface area contributed by atoms with Gasteiger partial charge in [0.25, 0.3) is 5.91 Å². The van der Waals surface area contributed by atoms with Gasteiger partial charge in [0.05, 0.1) is 18.2 Å². The predicted octanol–water partition coefficient (Wildman–Crippen LogP) is 4.21. The summed E-state index contributed by atoms with van der Waals surface area (Å²) in [4.78, 5) is 26.9. The number of amides is 1. The number of aryl methyl sites for hydroxylation is 2. The number of anilines is 1. The van der Waals surface area contributed by atoms with Crippen molar-refractivity contribution in [2.75, 3.05) is 11.5 Å². The number of carbonyl (C=O) groups excluding carboxylic acids is 2. The van der Waals surface area contributed by atoms with Crippen molar-refractivity contribution in [1.29, 1.82) is 0 Å². The van der Waals surface area contributed by atoms with E-state index in [2.05, 4.69) is 41.4 Å². The molecule has 2 heterocycles. The molecule has 3 aromatic rings. The minimum absolute atomic E-state index is 0.155. The molecule has 4 rings (SSSR count). The van der Waals surface area contributed by atoms with E-state index in [1.807, 2.05) is 6.92 Å². The van der Waals surface area contributed by atoms with Gasteiger partial charge in [-0.15, -0.1) is 0 Å². The van der Waals surface area contributed by atoms with Gasteiger partial charge in [-0.3, -0.25) is 14.8 Å². The van der Waals surface area contributed by atoms with E-state index in [-0.39, 0.29) is 17.9 Å². The van der Waals surface area contributed by atoms with E-state index in [0.29, 0.717) is 23.6 Å². The number of H-pyrrole nitrogens is 1. The number of aromatic nitrogens is 2. The van der Waals surface area contributed by atoms with Crippen LogP contribution >= 0.6 is 0 Å². The fraction of sp³-hybridized carbons (Fsp3) is 0.261. The SMILES string of the molecule is CCOC(=O)c1ccc(N2C(=O)c3n[nH]c(C)c3[C@H]2c2ccc(CC)cc2)cc1. The Labute approximate surface area is 169 Å². The van der Waals surface area contributed by atoms with Crippen LogP contribution in [-0.2, 0) is 11.2 Å². The molecule has 0 bridgehead atoms. The van der Waals surface area contributed by atoms with Crippen molar-refractivity contribution in [1.82, 2.24) is 10.2 Å². The quantitative estimate of drug-likeness (QED) is 0.664. The highest BCUT2D eigenvalue weighted by molar-refractivity contribution is 6.10. The number of nitrogens with one attached hydrogen (secondary N) is 1. The number of nitrogens with zero attached hydrogens (tertiary/aromatic N) is 2. The lowest BCUT2D eigenvalue weighted by atomic mass is 9.97.